The van der Waals surface area contributed by atoms with Gasteiger partial charge in [0.05, 0.1) is 6.54 Å². The molecule has 1 aliphatic heterocycles. The summed E-state index contributed by atoms with van der Waals surface area (Å²) in [7, 11) is 0. The molecule has 6 nitrogen and oxygen atoms in total. The minimum atomic E-state index is 0.112. The quantitative estimate of drug-likeness (QED) is 0.595. The molecule has 64 valence electrons. The van der Waals surface area contributed by atoms with Crippen molar-refractivity contribution in [2.24, 2.45) is 4.99 Å². The number of nitrogens with one attached hydrogen (secondary N) is 1. The summed E-state index contributed by atoms with van der Waals surface area (Å²) < 4.78 is 0. The van der Waals surface area contributed by atoms with Crippen LogP contribution in [0.4, 0.5) is 0 Å². The molecule has 0 atom stereocenters. The average molecular weight is 174 g/mol. The van der Waals surface area contributed by atoms with Gasteiger partial charge in [0, 0.05) is 6.54 Å². The van der Waals surface area contributed by atoms with Crippen LogP contribution in [-0.2, 0) is 0 Å². The van der Waals surface area contributed by atoms with Crippen molar-refractivity contribution in [3.05, 3.63) is 18.0 Å². The van der Waals surface area contributed by atoms with Gasteiger partial charge < -0.3 is 5.32 Å². The van der Waals surface area contributed by atoms with E-state index in [4.69, 9.17) is 5.26 Å². The fourth-order valence-corrected chi connectivity index (χ4v) is 1.01. The first kappa shape index (κ1) is 7.61. The van der Waals surface area contributed by atoms with Crippen molar-refractivity contribution < 1.29 is 0 Å². The van der Waals surface area contributed by atoms with E-state index in [1.807, 2.05) is 6.07 Å². The van der Waals surface area contributed by atoms with Crippen molar-refractivity contribution in [1.82, 2.24) is 20.3 Å². The third kappa shape index (κ3) is 1.44. The molecule has 0 radical (unpaired) electrons. The molecule has 0 saturated carbocycles. The fourth-order valence-electron chi connectivity index (χ4n) is 1.01. The maximum Gasteiger partial charge on any atom is 0.235 e. The standard InChI is InChI=1S/C7H6N6/c8-3-5-11-4-12-7(13-5)6-9-1-2-10-6/h4H,1-2H2,(H,9,10). The number of aliphatic imine (C=N–C) groups is 1. The van der Waals surface area contributed by atoms with Crippen LogP contribution in [0.2, 0.25) is 0 Å². The summed E-state index contributed by atoms with van der Waals surface area (Å²) in [5.74, 6) is 1.18. The van der Waals surface area contributed by atoms with Gasteiger partial charge in [0.1, 0.15) is 12.4 Å². The number of nitrogens with zero attached hydrogens (tertiary/aromatic N) is 5. The molecule has 0 saturated heterocycles. The predicted octanol–water partition coefficient (Wildman–Crippen LogP) is -0.907. The van der Waals surface area contributed by atoms with Gasteiger partial charge in [-0.15, -0.1) is 0 Å². The van der Waals surface area contributed by atoms with Crippen molar-refractivity contribution in [1.29, 1.82) is 5.26 Å². The highest BCUT2D eigenvalue weighted by molar-refractivity contribution is 5.96. The molecule has 1 aliphatic rings. The van der Waals surface area contributed by atoms with Gasteiger partial charge in [-0.05, 0) is 0 Å². The summed E-state index contributed by atoms with van der Waals surface area (Å²) >= 11 is 0. The van der Waals surface area contributed by atoms with Gasteiger partial charge in [0.25, 0.3) is 0 Å². The highest BCUT2D eigenvalue weighted by Gasteiger charge is 2.11. The zero-order valence-corrected chi connectivity index (χ0v) is 6.73. The van der Waals surface area contributed by atoms with Crippen LogP contribution in [0.3, 0.4) is 0 Å². The summed E-state index contributed by atoms with van der Waals surface area (Å²) in [6, 6.07) is 1.85. The molecular formula is C7H6N6. The molecule has 0 aliphatic carbocycles. The molecule has 6 heteroatoms. The summed E-state index contributed by atoms with van der Waals surface area (Å²) in [6.45, 7) is 1.52. The van der Waals surface area contributed by atoms with Gasteiger partial charge in [-0.1, -0.05) is 0 Å². The molecule has 0 unspecified atom stereocenters. The summed E-state index contributed by atoms with van der Waals surface area (Å²) in [6.07, 6.45) is 1.31. The van der Waals surface area contributed by atoms with Crippen molar-refractivity contribution in [2.45, 2.75) is 0 Å². The van der Waals surface area contributed by atoms with Crippen LogP contribution in [0.1, 0.15) is 11.6 Å². The Morgan fingerprint density at radius 1 is 1.46 bits per heavy atom. The van der Waals surface area contributed by atoms with E-state index >= 15 is 0 Å². The fraction of sp³-hybridized carbons (Fsp3) is 0.286. The topological polar surface area (TPSA) is 86.8 Å². The first-order valence-electron chi connectivity index (χ1n) is 3.78. The second-order valence-corrected chi connectivity index (χ2v) is 2.40. The van der Waals surface area contributed by atoms with Crippen LogP contribution in [0.25, 0.3) is 0 Å². The van der Waals surface area contributed by atoms with Crippen molar-refractivity contribution in [3.8, 4) is 6.07 Å². The highest BCUT2D eigenvalue weighted by atomic mass is 15.1. The van der Waals surface area contributed by atoms with Crippen LogP contribution >= 0.6 is 0 Å². The van der Waals surface area contributed by atoms with Crippen molar-refractivity contribution in [2.75, 3.05) is 13.1 Å². The number of aromatic nitrogens is 3. The summed E-state index contributed by atoms with van der Waals surface area (Å²) in [5.41, 5.74) is 0. The van der Waals surface area contributed by atoms with E-state index in [0.717, 1.165) is 13.1 Å². The van der Waals surface area contributed by atoms with Crippen LogP contribution in [0.5, 0.6) is 0 Å². The van der Waals surface area contributed by atoms with Crippen molar-refractivity contribution in [3.63, 3.8) is 0 Å². The average Bonchev–Trinajstić information content (AvgIpc) is 2.71. The Balaban J connectivity index is 2.36. The normalized spacial score (nSPS) is 14.5. The lowest BCUT2D eigenvalue weighted by atomic mass is 10.5. The number of rotatable bonds is 1. The van der Waals surface area contributed by atoms with Crippen LogP contribution < -0.4 is 5.32 Å². The van der Waals surface area contributed by atoms with E-state index in [9.17, 15) is 0 Å². The first-order chi connectivity index (χ1) is 6.40. The first-order valence-corrected chi connectivity index (χ1v) is 3.78. The van der Waals surface area contributed by atoms with E-state index in [1.54, 1.807) is 0 Å². The Kier molecular flexibility index (Phi) is 1.84. The Morgan fingerprint density at radius 3 is 3.08 bits per heavy atom. The Hall–Kier alpha value is -2.03. The van der Waals surface area contributed by atoms with Crippen LogP contribution in [-0.4, -0.2) is 33.9 Å². The predicted molar refractivity (Wildman–Crippen MR) is 43.9 cm³/mol. The zero-order chi connectivity index (χ0) is 9.10. The molecule has 13 heavy (non-hydrogen) atoms. The molecule has 2 heterocycles. The van der Waals surface area contributed by atoms with Crippen LogP contribution in [0.15, 0.2) is 11.3 Å². The second kappa shape index (κ2) is 3.15. The molecule has 0 aromatic carbocycles. The van der Waals surface area contributed by atoms with E-state index in [2.05, 4.69) is 25.3 Å². The maximum absolute atomic E-state index is 8.54. The molecule has 0 spiro atoms. The number of hydrogen-bond acceptors (Lipinski definition) is 6. The molecule has 1 aromatic heterocycles. The third-order valence-electron chi connectivity index (χ3n) is 1.56. The molecule has 2 rings (SSSR count). The number of nitriles is 1. The van der Waals surface area contributed by atoms with E-state index in [0.29, 0.717) is 11.7 Å². The second-order valence-electron chi connectivity index (χ2n) is 2.40. The maximum atomic E-state index is 8.54. The molecule has 1 aromatic rings. The molecule has 0 amide bonds. The summed E-state index contributed by atoms with van der Waals surface area (Å²) in [4.78, 5) is 15.6. The van der Waals surface area contributed by atoms with Gasteiger partial charge in [-0.25, -0.2) is 9.97 Å². The van der Waals surface area contributed by atoms with E-state index < -0.39 is 0 Å². The van der Waals surface area contributed by atoms with E-state index in [1.165, 1.54) is 6.33 Å². The largest absolute Gasteiger partial charge is 0.365 e. The van der Waals surface area contributed by atoms with Crippen molar-refractivity contribution >= 4 is 5.84 Å². The minimum absolute atomic E-state index is 0.112. The highest BCUT2D eigenvalue weighted by Crippen LogP contribution is 1.95. The zero-order valence-electron chi connectivity index (χ0n) is 6.73. The van der Waals surface area contributed by atoms with Gasteiger partial charge in [-0.3, -0.25) is 4.99 Å². The smallest absolute Gasteiger partial charge is 0.235 e. The Bertz CT molecular complexity index is 390. The minimum Gasteiger partial charge on any atom is -0.365 e. The molecular weight excluding hydrogens is 168 g/mol. The van der Waals surface area contributed by atoms with Gasteiger partial charge in [0.2, 0.25) is 5.82 Å². The molecule has 0 fully saturated rings. The number of amidine groups is 1. The van der Waals surface area contributed by atoms with Crippen LogP contribution in [0, 0.1) is 11.3 Å². The molecule has 1 N–H and O–H groups in total. The SMILES string of the molecule is N#Cc1ncnc(C2=NCCN2)n1. The summed E-state index contributed by atoms with van der Waals surface area (Å²) in [5, 5.41) is 11.6. The Morgan fingerprint density at radius 2 is 2.38 bits per heavy atom. The lowest BCUT2D eigenvalue weighted by Crippen LogP contribution is -2.22. The lowest BCUT2D eigenvalue weighted by Gasteiger charge is -1.98. The Labute approximate surface area is 74.4 Å². The monoisotopic (exact) mass is 174 g/mol. The van der Waals surface area contributed by atoms with E-state index in [-0.39, 0.29) is 5.82 Å². The lowest BCUT2D eigenvalue weighted by molar-refractivity contribution is 0.943. The number of hydrogen-bond donors (Lipinski definition) is 1. The van der Waals surface area contributed by atoms with Gasteiger partial charge in [-0.2, -0.15) is 10.2 Å². The molecule has 0 bridgehead atoms. The van der Waals surface area contributed by atoms with Gasteiger partial charge >= 0.3 is 0 Å². The third-order valence-corrected chi connectivity index (χ3v) is 1.56. The van der Waals surface area contributed by atoms with Gasteiger partial charge in [0.15, 0.2) is 11.7 Å².